The van der Waals surface area contributed by atoms with Crippen LogP contribution >= 0.6 is 11.8 Å². The zero-order chi connectivity index (χ0) is 19.3. The van der Waals surface area contributed by atoms with Crippen LogP contribution in [0.5, 0.6) is 5.75 Å². The van der Waals surface area contributed by atoms with Crippen LogP contribution in [0.3, 0.4) is 0 Å². The van der Waals surface area contributed by atoms with Crippen molar-refractivity contribution in [3.8, 4) is 22.8 Å². The first-order valence-electron chi connectivity index (χ1n) is 9.14. The van der Waals surface area contributed by atoms with Gasteiger partial charge in [-0.2, -0.15) is 0 Å². The van der Waals surface area contributed by atoms with Crippen molar-refractivity contribution in [2.75, 3.05) is 19.4 Å². The van der Waals surface area contributed by atoms with Crippen molar-refractivity contribution >= 4 is 17.7 Å². The second kappa shape index (κ2) is 8.43. The molecule has 0 radical (unpaired) electrons. The Balaban J connectivity index is 1.59. The molecule has 2 heterocycles. The highest BCUT2D eigenvalue weighted by Crippen LogP contribution is 2.29. The van der Waals surface area contributed by atoms with Crippen molar-refractivity contribution in [1.82, 2.24) is 25.1 Å². The highest BCUT2D eigenvalue weighted by molar-refractivity contribution is 7.99. The molecule has 1 saturated carbocycles. The number of rotatable bonds is 8. The van der Waals surface area contributed by atoms with E-state index in [9.17, 15) is 4.79 Å². The van der Waals surface area contributed by atoms with Gasteiger partial charge < -0.3 is 10.1 Å². The van der Waals surface area contributed by atoms with E-state index in [1.165, 1.54) is 24.6 Å². The van der Waals surface area contributed by atoms with Crippen molar-refractivity contribution in [2.45, 2.75) is 18.0 Å². The molecule has 1 aliphatic carbocycles. The quantitative estimate of drug-likeness (QED) is 0.591. The molecule has 1 aromatic carbocycles. The number of aromatic nitrogens is 4. The van der Waals surface area contributed by atoms with Crippen LogP contribution in [0.25, 0.3) is 17.1 Å². The molecule has 1 fully saturated rings. The third kappa shape index (κ3) is 4.33. The fourth-order valence-corrected chi connectivity index (χ4v) is 3.56. The summed E-state index contributed by atoms with van der Waals surface area (Å²) >= 11 is 1.38. The predicted molar refractivity (Wildman–Crippen MR) is 108 cm³/mol. The Morgan fingerprint density at radius 2 is 1.93 bits per heavy atom. The van der Waals surface area contributed by atoms with E-state index < -0.39 is 0 Å². The number of carbonyl (C=O) groups excluding carboxylic acids is 1. The van der Waals surface area contributed by atoms with Crippen LogP contribution in [0.1, 0.15) is 12.8 Å². The van der Waals surface area contributed by atoms with Crippen molar-refractivity contribution < 1.29 is 9.53 Å². The monoisotopic (exact) mass is 395 g/mol. The molecular formula is C20H21N5O2S. The molecule has 8 heteroatoms. The number of nitrogens with one attached hydrogen (secondary N) is 1. The Hall–Kier alpha value is -2.87. The SMILES string of the molecule is COc1ccc(-n2c(SCC(=O)NCC3CC3)nnc2-c2ccncc2)cc1. The summed E-state index contributed by atoms with van der Waals surface area (Å²) in [4.78, 5) is 16.2. The highest BCUT2D eigenvalue weighted by atomic mass is 32.2. The molecular weight excluding hydrogens is 374 g/mol. The van der Waals surface area contributed by atoms with Gasteiger partial charge in [0.1, 0.15) is 5.75 Å². The third-order valence-electron chi connectivity index (χ3n) is 4.52. The van der Waals surface area contributed by atoms with E-state index >= 15 is 0 Å². The van der Waals surface area contributed by atoms with Gasteiger partial charge in [0.2, 0.25) is 5.91 Å². The molecule has 4 rings (SSSR count). The van der Waals surface area contributed by atoms with E-state index in [0.29, 0.717) is 22.7 Å². The molecule has 0 aliphatic heterocycles. The second-order valence-electron chi connectivity index (χ2n) is 6.61. The maximum atomic E-state index is 12.1. The average molecular weight is 395 g/mol. The van der Waals surface area contributed by atoms with Crippen molar-refractivity contribution in [1.29, 1.82) is 0 Å². The smallest absolute Gasteiger partial charge is 0.230 e. The second-order valence-corrected chi connectivity index (χ2v) is 7.55. The minimum Gasteiger partial charge on any atom is -0.497 e. The summed E-state index contributed by atoms with van der Waals surface area (Å²) in [7, 11) is 1.64. The Morgan fingerprint density at radius 1 is 1.18 bits per heavy atom. The summed E-state index contributed by atoms with van der Waals surface area (Å²) < 4.78 is 7.21. The topological polar surface area (TPSA) is 81.9 Å². The maximum absolute atomic E-state index is 12.1. The number of hydrogen-bond donors (Lipinski definition) is 1. The molecule has 3 aromatic rings. The van der Waals surface area contributed by atoms with Crippen molar-refractivity contribution in [3.63, 3.8) is 0 Å². The molecule has 1 aliphatic rings. The van der Waals surface area contributed by atoms with Crippen LogP contribution in [0.4, 0.5) is 0 Å². The summed E-state index contributed by atoms with van der Waals surface area (Å²) in [5, 5.41) is 12.4. The average Bonchev–Trinajstić information content (AvgIpc) is 3.48. The Labute approximate surface area is 167 Å². The van der Waals surface area contributed by atoms with E-state index in [1.54, 1.807) is 19.5 Å². The summed E-state index contributed by atoms with van der Waals surface area (Å²) in [6.45, 7) is 0.771. The van der Waals surface area contributed by atoms with E-state index in [2.05, 4.69) is 20.5 Å². The van der Waals surface area contributed by atoms with E-state index in [4.69, 9.17) is 4.74 Å². The van der Waals surface area contributed by atoms with Crippen molar-refractivity contribution in [2.24, 2.45) is 5.92 Å². The summed E-state index contributed by atoms with van der Waals surface area (Å²) in [6, 6.07) is 11.5. The number of pyridine rings is 1. The molecule has 28 heavy (non-hydrogen) atoms. The lowest BCUT2D eigenvalue weighted by Gasteiger charge is -2.11. The van der Waals surface area contributed by atoms with E-state index in [1.807, 2.05) is 41.0 Å². The maximum Gasteiger partial charge on any atom is 0.230 e. The fourth-order valence-electron chi connectivity index (χ4n) is 2.78. The van der Waals surface area contributed by atoms with Gasteiger partial charge in [-0.25, -0.2) is 0 Å². The number of methoxy groups -OCH3 is 1. The first kappa shape index (κ1) is 18.5. The lowest BCUT2D eigenvalue weighted by molar-refractivity contribution is -0.118. The molecule has 1 amide bonds. The van der Waals surface area contributed by atoms with Gasteiger partial charge in [-0.05, 0) is 55.2 Å². The zero-order valence-corrected chi connectivity index (χ0v) is 16.4. The molecule has 0 unspecified atom stereocenters. The highest BCUT2D eigenvalue weighted by Gasteiger charge is 2.22. The number of thioether (sulfide) groups is 1. The van der Waals surface area contributed by atoms with Gasteiger partial charge in [-0.15, -0.1) is 10.2 Å². The van der Waals surface area contributed by atoms with Gasteiger partial charge in [0, 0.05) is 30.2 Å². The summed E-state index contributed by atoms with van der Waals surface area (Å²) in [5.74, 6) is 2.46. The van der Waals surface area contributed by atoms with Gasteiger partial charge in [0.15, 0.2) is 11.0 Å². The molecule has 0 saturated heterocycles. The van der Waals surface area contributed by atoms with Crippen LogP contribution in [-0.4, -0.2) is 45.1 Å². The molecule has 1 N–H and O–H groups in total. The Morgan fingerprint density at radius 3 is 2.61 bits per heavy atom. The number of benzene rings is 1. The van der Waals surface area contributed by atoms with Crippen LogP contribution in [0.2, 0.25) is 0 Å². The molecule has 0 atom stereocenters. The van der Waals surface area contributed by atoms with Gasteiger partial charge in [0.25, 0.3) is 0 Å². The van der Waals surface area contributed by atoms with Gasteiger partial charge in [-0.3, -0.25) is 14.3 Å². The summed E-state index contributed by atoms with van der Waals surface area (Å²) in [6.07, 6.45) is 5.88. The number of carbonyl (C=O) groups is 1. The lowest BCUT2D eigenvalue weighted by atomic mass is 10.2. The Bertz CT molecular complexity index is 939. The van der Waals surface area contributed by atoms with Crippen LogP contribution < -0.4 is 10.1 Å². The molecule has 0 spiro atoms. The standard InChI is InChI=1S/C20H21N5O2S/c1-27-17-6-4-16(5-7-17)25-19(15-8-10-21-11-9-15)23-24-20(25)28-13-18(26)22-12-14-2-3-14/h4-11,14H,2-3,12-13H2,1H3,(H,22,26). The van der Waals surface area contributed by atoms with Gasteiger partial charge in [0.05, 0.1) is 12.9 Å². The van der Waals surface area contributed by atoms with Crippen LogP contribution in [0, 0.1) is 5.92 Å². The third-order valence-corrected chi connectivity index (χ3v) is 5.45. The normalized spacial score (nSPS) is 13.3. The van der Waals surface area contributed by atoms with Gasteiger partial charge >= 0.3 is 0 Å². The first-order valence-corrected chi connectivity index (χ1v) is 10.1. The van der Waals surface area contributed by atoms with E-state index in [0.717, 1.165) is 23.5 Å². The zero-order valence-electron chi connectivity index (χ0n) is 15.5. The predicted octanol–water partition coefficient (Wildman–Crippen LogP) is 2.96. The van der Waals surface area contributed by atoms with Gasteiger partial charge in [-0.1, -0.05) is 11.8 Å². The largest absolute Gasteiger partial charge is 0.497 e. The lowest BCUT2D eigenvalue weighted by Crippen LogP contribution is -2.27. The minimum absolute atomic E-state index is 0.0200. The number of nitrogens with zero attached hydrogens (tertiary/aromatic N) is 4. The number of hydrogen-bond acceptors (Lipinski definition) is 6. The Kier molecular flexibility index (Phi) is 5.57. The summed E-state index contributed by atoms with van der Waals surface area (Å²) in [5.41, 5.74) is 1.81. The van der Waals surface area contributed by atoms with Crippen molar-refractivity contribution in [3.05, 3.63) is 48.8 Å². The number of ether oxygens (including phenoxy) is 1. The molecule has 0 bridgehead atoms. The van der Waals surface area contributed by atoms with Crippen LogP contribution in [-0.2, 0) is 4.79 Å². The molecule has 2 aromatic heterocycles. The minimum atomic E-state index is 0.0200. The first-order chi connectivity index (χ1) is 13.7. The number of amides is 1. The molecule has 7 nitrogen and oxygen atoms in total. The molecule has 144 valence electrons. The fraction of sp³-hybridized carbons (Fsp3) is 0.300. The van der Waals surface area contributed by atoms with Crippen LogP contribution in [0.15, 0.2) is 53.9 Å². The van der Waals surface area contributed by atoms with E-state index in [-0.39, 0.29) is 5.91 Å².